The number of amides is 2. The maximum Gasteiger partial charge on any atom is 0.249 e. The SMILES string of the molecule is COc1ccc([C@H](C(=O)NCc2ccccc2)N(C(=O)Cn2nnc3ccccc32)c2ccc(C)cc2)c(OC)c1. The molecule has 1 atom stereocenters. The summed E-state index contributed by atoms with van der Waals surface area (Å²) in [4.78, 5) is 29.9. The summed E-state index contributed by atoms with van der Waals surface area (Å²) < 4.78 is 12.6. The lowest BCUT2D eigenvalue weighted by Crippen LogP contribution is -2.45. The number of ether oxygens (including phenoxy) is 2. The molecule has 0 aliphatic heterocycles. The minimum absolute atomic E-state index is 0.130. The Morgan fingerprint density at radius 2 is 1.63 bits per heavy atom. The van der Waals surface area contributed by atoms with Crippen molar-refractivity contribution in [3.05, 3.63) is 114 Å². The van der Waals surface area contributed by atoms with E-state index in [0.29, 0.717) is 28.3 Å². The molecule has 4 aromatic carbocycles. The molecule has 2 amide bonds. The number of rotatable bonds is 10. The molecule has 0 bridgehead atoms. The summed E-state index contributed by atoms with van der Waals surface area (Å²) >= 11 is 0. The van der Waals surface area contributed by atoms with E-state index in [1.165, 1.54) is 12.0 Å². The van der Waals surface area contributed by atoms with Gasteiger partial charge in [-0.05, 0) is 48.9 Å². The first-order valence-electron chi connectivity index (χ1n) is 13.2. The van der Waals surface area contributed by atoms with Gasteiger partial charge >= 0.3 is 0 Å². The van der Waals surface area contributed by atoms with Crippen LogP contribution in [-0.2, 0) is 22.7 Å². The van der Waals surface area contributed by atoms with E-state index >= 15 is 0 Å². The summed E-state index contributed by atoms with van der Waals surface area (Å²) in [5.74, 6) is 0.272. The highest BCUT2D eigenvalue weighted by molar-refractivity contribution is 6.02. The van der Waals surface area contributed by atoms with Crippen molar-refractivity contribution in [3.8, 4) is 11.5 Å². The van der Waals surface area contributed by atoms with Crippen LogP contribution in [0.15, 0.2) is 97.1 Å². The number of para-hydroxylation sites is 1. The van der Waals surface area contributed by atoms with E-state index in [0.717, 1.165) is 16.6 Å². The molecule has 0 aliphatic rings. The molecular formula is C32H31N5O4. The van der Waals surface area contributed by atoms with Crippen LogP contribution in [-0.4, -0.2) is 41.0 Å². The normalized spacial score (nSPS) is 11.6. The highest BCUT2D eigenvalue weighted by atomic mass is 16.5. The number of carbonyl (C=O) groups excluding carboxylic acids is 2. The molecule has 9 heteroatoms. The predicted molar refractivity (Wildman–Crippen MR) is 157 cm³/mol. The van der Waals surface area contributed by atoms with Gasteiger partial charge in [-0.15, -0.1) is 5.10 Å². The van der Waals surface area contributed by atoms with Gasteiger partial charge in [-0.3, -0.25) is 14.5 Å². The summed E-state index contributed by atoms with van der Waals surface area (Å²) in [7, 11) is 3.08. The van der Waals surface area contributed by atoms with E-state index in [-0.39, 0.29) is 24.9 Å². The number of aromatic nitrogens is 3. The van der Waals surface area contributed by atoms with Crippen molar-refractivity contribution < 1.29 is 19.1 Å². The van der Waals surface area contributed by atoms with Crippen LogP contribution in [0.25, 0.3) is 11.0 Å². The Morgan fingerprint density at radius 1 is 0.902 bits per heavy atom. The molecule has 9 nitrogen and oxygen atoms in total. The van der Waals surface area contributed by atoms with Crippen molar-refractivity contribution in [2.75, 3.05) is 19.1 Å². The molecule has 0 spiro atoms. The van der Waals surface area contributed by atoms with E-state index in [1.54, 1.807) is 30.0 Å². The Hall–Kier alpha value is -5.18. The maximum absolute atomic E-state index is 14.2. The van der Waals surface area contributed by atoms with Crippen LogP contribution >= 0.6 is 0 Å². The van der Waals surface area contributed by atoms with Crippen molar-refractivity contribution in [3.63, 3.8) is 0 Å². The fourth-order valence-corrected chi connectivity index (χ4v) is 4.70. The number of aryl methyl sites for hydroxylation is 1. The number of benzene rings is 4. The molecule has 1 aromatic heterocycles. The maximum atomic E-state index is 14.2. The van der Waals surface area contributed by atoms with E-state index in [4.69, 9.17) is 9.47 Å². The molecule has 1 N–H and O–H groups in total. The topological polar surface area (TPSA) is 98.6 Å². The Morgan fingerprint density at radius 3 is 2.37 bits per heavy atom. The molecule has 1 heterocycles. The molecular weight excluding hydrogens is 518 g/mol. The van der Waals surface area contributed by atoms with Gasteiger partial charge in [0.25, 0.3) is 0 Å². The number of hydrogen-bond acceptors (Lipinski definition) is 6. The zero-order chi connectivity index (χ0) is 28.8. The third kappa shape index (κ3) is 6.04. The number of anilines is 1. The zero-order valence-electron chi connectivity index (χ0n) is 23.2. The predicted octanol–water partition coefficient (Wildman–Crippen LogP) is 4.85. The van der Waals surface area contributed by atoms with E-state index in [1.807, 2.05) is 85.8 Å². The average Bonchev–Trinajstić information content (AvgIpc) is 3.42. The second kappa shape index (κ2) is 12.3. The van der Waals surface area contributed by atoms with Crippen molar-refractivity contribution in [1.29, 1.82) is 0 Å². The smallest absolute Gasteiger partial charge is 0.249 e. The van der Waals surface area contributed by atoms with Crippen molar-refractivity contribution in [2.45, 2.75) is 26.1 Å². The second-order valence-corrected chi connectivity index (χ2v) is 9.55. The van der Waals surface area contributed by atoms with Crippen LogP contribution in [0.3, 0.4) is 0 Å². The van der Waals surface area contributed by atoms with Crippen LogP contribution < -0.4 is 19.7 Å². The third-order valence-corrected chi connectivity index (χ3v) is 6.84. The van der Waals surface area contributed by atoms with Crippen LogP contribution in [0, 0.1) is 6.92 Å². The minimum Gasteiger partial charge on any atom is -0.497 e. The average molecular weight is 550 g/mol. The second-order valence-electron chi connectivity index (χ2n) is 9.55. The molecule has 5 rings (SSSR count). The van der Waals surface area contributed by atoms with Crippen molar-refractivity contribution >= 4 is 28.5 Å². The summed E-state index contributed by atoms with van der Waals surface area (Å²) in [6.07, 6.45) is 0. The molecule has 0 saturated heterocycles. The molecule has 5 aromatic rings. The number of nitrogens with zero attached hydrogens (tertiary/aromatic N) is 4. The third-order valence-electron chi connectivity index (χ3n) is 6.84. The van der Waals surface area contributed by atoms with Crippen molar-refractivity contribution in [2.24, 2.45) is 0 Å². The Balaban J connectivity index is 1.60. The summed E-state index contributed by atoms with van der Waals surface area (Å²) in [6, 6.07) is 28.7. The highest BCUT2D eigenvalue weighted by Gasteiger charge is 2.35. The lowest BCUT2D eigenvalue weighted by molar-refractivity contribution is -0.127. The fourth-order valence-electron chi connectivity index (χ4n) is 4.70. The molecule has 0 unspecified atom stereocenters. The Labute approximate surface area is 238 Å². The van der Waals surface area contributed by atoms with E-state index in [2.05, 4.69) is 15.6 Å². The van der Waals surface area contributed by atoms with E-state index in [9.17, 15) is 9.59 Å². The number of nitrogens with one attached hydrogen (secondary N) is 1. The highest BCUT2D eigenvalue weighted by Crippen LogP contribution is 2.36. The van der Waals surface area contributed by atoms with Gasteiger partial charge in [0.1, 0.15) is 29.6 Å². The van der Waals surface area contributed by atoms with Gasteiger partial charge in [0, 0.05) is 23.9 Å². The first kappa shape index (κ1) is 27.4. The van der Waals surface area contributed by atoms with Gasteiger partial charge in [0.15, 0.2) is 0 Å². The minimum atomic E-state index is -1.07. The van der Waals surface area contributed by atoms with Crippen LogP contribution in [0.2, 0.25) is 0 Å². The van der Waals surface area contributed by atoms with Gasteiger partial charge in [0.05, 0.1) is 19.7 Å². The molecule has 0 aliphatic carbocycles. The van der Waals surface area contributed by atoms with Crippen LogP contribution in [0.5, 0.6) is 11.5 Å². The van der Waals surface area contributed by atoms with Crippen molar-refractivity contribution in [1.82, 2.24) is 20.3 Å². The van der Waals surface area contributed by atoms with Gasteiger partial charge in [-0.2, -0.15) is 0 Å². The molecule has 0 radical (unpaired) electrons. The summed E-state index contributed by atoms with van der Waals surface area (Å²) in [5, 5.41) is 11.4. The van der Waals surface area contributed by atoms with Crippen LogP contribution in [0.4, 0.5) is 5.69 Å². The fraction of sp³-hybridized carbons (Fsp3) is 0.188. The molecule has 41 heavy (non-hydrogen) atoms. The lowest BCUT2D eigenvalue weighted by Gasteiger charge is -2.32. The number of fused-ring (bicyclic) bond motifs is 1. The van der Waals surface area contributed by atoms with Gasteiger partial charge in [-0.25, -0.2) is 4.68 Å². The molecule has 0 fully saturated rings. The lowest BCUT2D eigenvalue weighted by atomic mass is 10.0. The largest absolute Gasteiger partial charge is 0.497 e. The van der Waals surface area contributed by atoms with Gasteiger partial charge < -0.3 is 14.8 Å². The molecule has 0 saturated carbocycles. The van der Waals surface area contributed by atoms with Gasteiger partial charge in [-0.1, -0.05) is 65.4 Å². The number of methoxy groups -OCH3 is 2. The quantitative estimate of drug-likeness (QED) is 0.268. The first-order chi connectivity index (χ1) is 20.0. The number of carbonyl (C=O) groups is 2. The zero-order valence-corrected chi connectivity index (χ0v) is 23.2. The first-order valence-corrected chi connectivity index (χ1v) is 13.2. The molecule has 208 valence electrons. The van der Waals surface area contributed by atoms with E-state index < -0.39 is 6.04 Å². The Bertz CT molecular complexity index is 1650. The van der Waals surface area contributed by atoms with Gasteiger partial charge in [0.2, 0.25) is 11.8 Å². The monoisotopic (exact) mass is 549 g/mol. The summed E-state index contributed by atoms with van der Waals surface area (Å²) in [6.45, 7) is 2.13. The number of hydrogen-bond donors (Lipinski definition) is 1. The Kier molecular flexibility index (Phi) is 8.24. The summed E-state index contributed by atoms with van der Waals surface area (Å²) in [5.41, 5.74) is 4.42. The van der Waals surface area contributed by atoms with Crippen LogP contribution in [0.1, 0.15) is 22.7 Å². The standard InChI is InChI=1S/C32H31N5O4/c1-22-13-15-24(16-14-22)37(30(38)21-36-28-12-8-7-11-27(28)34-35-36)31(26-18-17-25(40-2)19-29(26)41-3)32(39)33-20-23-9-5-4-6-10-23/h4-19,31H,20-21H2,1-3H3,(H,33,39)/t31-/m1/s1.